The number of nitrogens with zero attached hydrogens (tertiary/aromatic N) is 2. The van der Waals surface area contributed by atoms with Crippen molar-refractivity contribution in [1.82, 2.24) is 15.2 Å². The lowest BCUT2D eigenvalue weighted by molar-refractivity contribution is 0.0926. The summed E-state index contributed by atoms with van der Waals surface area (Å²) in [6.07, 6.45) is 1.50. The lowest BCUT2D eigenvalue weighted by Gasteiger charge is -2.19. The van der Waals surface area contributed by atoms with Crippen LogP contribution in [0.15, 0.2) is 42.6 Å². The van der Waals surface area contributed by atoms with Crippen LogP contribution in [0.25, 0.3) is 0 Å². The first kappa shape index (κ1) is 19.1. The van der Waals surface area contributed by atoms with Crippen LogP contribution in [0, 0.1) is 5.82 Å². The number of anilines is 1. The predicted octanol–water partition coefficient (Wildman–Crippen LogP) is 2.85. The van der Waals surface area contributed by atoms with E-state index in [2.05, 4.69) is 27.4 Å². The van der Waals surface area contributed by atoms with E-state index in [9.17, 15) is 9.18 Å². The Morgan fingerprint density at radius 1 is 1.30 bits per heavy atom. The van der Waals surface area contributed by atoms with Gasteiger partial charge in [-0.25, -0.2) is 14.2 Å². The van der Waals surface area contributed by atoms with Crippen molar-refractivity contribution < 1.29 is 18.7 Å². The molecule has 1 aromatic carbocycles. The summed E-state index contributed by atoms with van der Waals surface area (Å²) in [4.78, 5) is 18.8. The zero-order valence-electron chi connectivity index (χ0n) is 15.3. The van der Waals surface area contributed by atoms with Crippen LogP contribution in [0.1, 0.15) is 6.92 Å². The van der Waals surface area contributed by atoms with Crippen molar-refractivity contribution in [2.24, 2.45) is 0 Å². The van der Waals surface area contributed by atoms with Gasteiger partial charge in [-0.05, 0) is 42.9 Å². The maximum atomic E-state index is 13.0. The van der Waals surface area contributed by atoms with Crippen LogP contribution >= 0.6 is 0 Å². The number of pyridine rings is 1. The van der Waals surface area contributed by atoms with E-state index in [-0.39, 0.29) is 29.9 Å². The summed E-state index contributed by atoms with van der Waals surface area (Å²) in [6.45, 7) is 4.49. The molecule has 1 fully saturated rings. The quantitative estimate of drug-likeness (QED) is 0.813. The van der Waals surface area contributed by atoms with Crippen LogP contribution < -0.4 is 15.4 Å². The van der Waals surface area contributed by atoms with Gasteiger partial charge in [0.15, 0.2) is 0 Å². The number of benzene rings is 1. The fourth-order valence-electron chi connectivity index (χ4n) is 3.00. The third-order valence-corrected chi connectivity index (χ3v) is 4.46. The Bertz CT molecular complexity index is 772. The van der Waals surface area contributed by atoms with Gasteiger partial charge in [0.2, 0.25) is 5.88 Å². The number of rotatable bonds is 6. The van der Waals surface area contributed by atoms with Crippen molar-refractivity contribution in [3.05, 3.63) is 48.4 Å². The molecule has 144 valence electrons. The number of aromatic nitrogens is 1. The summed E-state index contributed by atoms with van der Waals surface area (Å²) in [5, 5.41) is 5.70. The minimum atomic E-state index is -0.364. The summed E-state index contributed by atoms with van der Waals surface area (Å²) >= 11 is 0. The molecule has 2 atom stereocenters. The Kier molecular flexibility index (Phi) is 6.20. The zero-order valence-corrected chi connectivity index (χ0v) is 15.3. The molecule has 27 heavy (non-hydrogen) atoms. The van der Waals surface area contributed by atoms with E-state index >= 15 is 0 Å². The number of methoxy groups -OCH3 is 1. The molecule has 8 heteroatoms. The number of nitrogens with one attached hydrogen (secondary N) is 2. The monoisotopic (exact) mass is 374 g/mol. The lowest BCUT2D eigenvalue weighted by atomic mass is 10.2. The van der Waals surface area contributed by atoms with Gasteiger partial charge in [0.25, 0.3) is 0 Å². The Morgan fingerprint density at radius 3 is 2.78 bits per heavy atom. The SMILES string of the molecule is CCN1C[C@@H](NC(=O)Nc2cccnc2Oc2ccc(F)cc2)[C@H](OC)C1. The number of ether oxygens (including phenoxy) is 2. The summed E-state index contributed by atoms with van der Waals surface area (Å²) in [5.74, 6) is 0.294. The smallest absolute Gasteiger partial charge is 0.319 e. The predicted molar refractivity (Wildman–Crippen MR) is 99.6 cm³/mol. The molecule has 2 heterocycles. The van der Waals surface area contributed by atoms with E-state index in [4.69, 9.17) is 9.47 Å². The first-order chi connectivity index (χ1) is 13.1. The van der Waals surface area contributed by atoms with Gasteiger partial charge < -0.3 is 20.1 Å². The molecule has 1 aliphatic heterocycles. The van der Waals surface area contributed by atoms with Gasteiger partial charge in [-0.2, -0.15) is 0 Å². The van der Waals surface area contributed by atoms with Gasteiger partial charge in [0.1, 0.15) is 17.3 Å². The van der Waals surface area contributed by atoms with Crippen molar-refractivity contribution in [2.45, 2.75) is 19.1 Å². The van der Waals surface area contributed by atoms with E-state index in [0.29, 0.717) is 11.4 Å². The van der Waals surface area contributed by atoms with Gasteiger partial charge in [0.05, 0.1) is 12.1 Å². The van der Waals surface area contributed by atoms with Crippen molar-refractivity contribution in [3.8, 4) is 11.6 Å². The molecular weight excluding hydrogens is 351 g/mol. The number of urea groups is 1. The van der Waals surface area contributed by atoms with E-state index in [1.807, 2.05) is 0 Å². The number of amides is 2. The molecule has 2 amide bonds. The minimum absolute atomic E-state index is 0.0560. The standard InChI is InChI=1S/C19H23FN4O3/c1-3-24-11-16(17(12-24)26-2)23-19(25)22-15-5-4-10-21-18(15)27-14-8-6-13(20)7-9-14/h4-10,16-17H,3,11-12H2,1-2H3,(H2,22,23,25)/t16-,17-/m1/s1. The van der Waals surface area contributed by atoms with Crippen LogP contribution in [0.3, 0.4) is 0 Å². The fourth-order valence-corrected chi connectivity index (χ4v) is 3.00. The Hall–Kier alpha value is -2.71. The van der Waals surface area contributed by atoms with E-state index in [1.165, 1.54) is 24.3 Å². The average molecular weight is 374 g/mol. The highest BCUT2D eigenvalue weighted by Crippen LogP contribution is 2.27. The number of hydrogen-bond acceptors (Lipinski definition) is 5. The van der Waals surface area contributed by atoms with Gasteiger partial charge in [0, 0.05) is 26.4 Å². The molecule has 1 aliphatic rings. The minimum Gasteiger partial charge on any atom is -0.437 e. The van der Waals surface area contributed by atoms with E-state index in [1.54, 1.807) is 25.4 Å². The first-order valence-electron chi connectivity index (χ1n) is 8.80. The molecule has 1 aromatic heterocycles. The van der Waals surface area contributed by atoms with Gasteiger partial charge in [-0.1, -0.05) is 6.92 Å². The number of carbonyl (C=O) groups is 1. The van der Waals surface area contributed by atoms with Gasteiger partial charge in [-0.15, -0.1) is 0 Å². The molecule has 0 aliphatic carbocycles. The maximum Gasteiger partial charge on any atom is 0.319 e. The van der Waals surface area contributed by atoms with Crippen LogP contribution in [-0.4, -0.2) is 54.8 Å². The molecule has 7 nitrogen and oxygen atoms in total. The second-order valence-corrected chi connectivity index (χ2v) is 6.24. The molecule has 0 radical (unpaired) electrons. The number of carbonyl (C=O) groups excluding carboxylic acids is 1. The Labute approximate surface area is 157 Å². The normalized spacial score (nSPS) is 19.7. The summed E-state index contributed by atoms with van der Waals surface area (Å²) in [7, 11) is 1.65. The molecule has 0 saturated carbocycles. The number of likely N-dealkylation sites (tertiary alicyclic amines) is 1. The van der Waals surface area contributed by atoms with Crippen LogP contribution in [0.4, 0.5) is 14.9 Å². The molecule has 3 rings (SSSR count). The molecule has 0 unspecified atom stereocenters. The summed E-state index contributed by atoms with van der Waals surface area (Å²) in [5.41, 5.74) is 0.415. The number of likely N-dealkylation sites (N-methyl/N-ethyl adjacent to an activating group) is 1. The summed E-state index contributed by atoms with van der Waals surface area (Å²) in [6, 6.07) is 8.49. The number of hydrogen-bond donors (Lipinski definition) is 2. The average Bonchev–Trinajstić information content (AvgIpc) is 3.07. The molecule has 2 N–H and O–H groups in total. The Balaban J connectivity index is 1.65. The van der Waals surface area contributed by atoms with Crippen LogP contribution in [-0.2, 0) is 4.74 Å². The fraction of sp³-hybridized carbons (Fsp3) is 0.368. The van der Waals surface area contributed by atoms with Crippen molar-refractivity contribution in [3.63, 3.8) is 0 Å². The van der Waals surface area contributed by atoms with Gasteiger partial charge in [-0.3, -0.25) is 4.90 Å². The second-order valence-electron chi connectivity index (χ2n) is 6.24. The van der Waals surface area contributed by atoms with Crippen molar-refractivity contribution in [1.29, 1.82) is 0 Å². The zero-order chi connectivity index (χ0) is 19.2. The molecule has 2 aromatic rings. The first-order valence-corrected chi connectivity index (χ1v) is 8.80. The largest absolute Gasteiger partial charge is 0.437 e. The van der Waals surface area contributed by atoms with Crippen molar-refractivity contribution in [2.75, 3.05) is 32.1 Å². The van der Waals surface area contributed by atoms with Crippen LogP contribution in [0.5, 0.6) is 11.6 Å². The van der Waals surface area contributed by atoms with Crippen molar-refractivity contribution >= 4 is 11.7 Å². The third kappa shape index (κ3) is 4.93. The highest BCUT2D eigenvalue weighted by atomic mass is 19.1. The Morgan fingerprint density at radius 2 is 2.07 bits per heavy atom. The topological polar surface area (TPSA) is 75.7 Å². The third-order valence-electron chi connectivity index (χ3n) is 4.46. The molecule has 0 bridgehead atoms. The summed E-state index contributed by atoms with van der Waals surface area (Å²) < 4.78 is 24.2. The van der Waals surface area contributed by atoms with Crippen LogP contribution in [0.2, 0.25) is 0 Å². The highest BCUT2D eigenvalue weighted by Gasteiger charge is 2.33. The van der Waals surface area contributed by atoms with E-state index < -0.39 is 0 Å². The number of halogens is 1. The van der Waals surface area contributed by atoms with Gasteiger partial charge >= 0.3 is 6.03 Å². The highest BCUT2D eigenvalue weighted by molar-refractivity contribution is 5.90. The van der Waals surface area contributed by atoms with E-state index in [0.717, 1.165) is 19.6 Å². The second kappa shape index (κ2) is 8.79. The maximum absolute atomic E-state index is 13.0. The molecular formula is C19H23FN4O3. The molecule has 1 saturated heterocycles. The molecule has 0 spiro atoms. The lowest BCUT2D eigenvalue weighted by Crippen LogP contribution is -2.45.